The van der Waals surface area contributed by atoms with Crippen LogP contribution in [0.4, 0.5) is 4.39 Å². The van der Waals surface area contributed by atoms with E-state index in [9.17, 15) is 4.39 Å². The number of halogens is 1. The van der Waals surface area contributed by atoms with Gasteiger partial charge in [0.1, 0.15) is 11.5 Å². The molecule has 0 radical (unpaired) electrons. The highest BCUT2D eigenvalue weighted by Gasteiger charge is 2.22. The molecule has 0 amide bonds. The summed E-state index contributed by atoms with van der Waals surface area (Å²) < 4.78 is 20.6. The maximum absolute atomic E-state index is 13.4. The van der Waals surface area contributed by atoms with Gasteiger partial charge in [-0.25, -0.2) is 9.82 Å². The molecule has 0 aliphatic carbocycles. The summed E-state index contributed by atoms with van der Waals surface area (Å²) >= 11 is 0. The van der Waals surface area contributed by atoms with Gasteiger partial charge in [-0.05, 0) is 24.1 Å². The van der Waals surface area contributed by atoms with Crippen molar-refractivity contribution in [1.29, 1.82) is 0 Å². The van der Waals surface area contributed by atoms with Crippen LogP contribution in [0.1, 0.15) is 30.6 Å². The number of nitrogens with two attached hydrogens (primary N) is 1. The van der Waals surface area contributed by atoms with Crippen LogP contribution in [-0.4, -0.2) is 16.9 Å². The fourth-order valence-corrected chi connectivity index (χ4v) is 2.24. The highest BCUT2D eigenvalue weighted by atomic mass is 19.1. The van der Waals surface area contributed by atoms with E-state index in [-0.39, 0.29) is 11.9 Å². The van der Waals surface area contributed by atoms with Gasteiger partial charge in [-0.2, -0.15) is 5.10 Å². The first-order valence-corrected chi connectivity index (χ1v) is 6.52. The number of benzene rings is 1. The maximum Gasteiger partial charge on any atom is 0.161 e. The summed E-state index contributed by atoms with van der Waals surface area (Å²) in [5, 5.41) is 4.30. The molecule has 1 aromatic heterocycles. The quantitative estimate of drug-likeness (QED) is 0.626. The fraction of sp³-hybridized carbons (Fsp3) is 0.357. The van der Waals surface area contributed by atoms with Gasteiger partial charge in [0.25, 0.3) is 0 Å². The van der Waals surface area contributed by atoms with Crippen LogP contribution >= 0.6 is 0 Å². The topological polar surface area (TPSA) is 65.1 Å². The van der Waals surface area contributed by atoms with Gasteiger partial charge in [-0.1, -0.05) is 19.1 Å². The summed E-state index contributed by atoms with van der Waals surface area (Å²) in [7, 11) is 1.58. The number of rotatable bonds is 6. The van der Waals surface area contributed by atoms with E-state index in [1.807, 2.05) is 10.7 Å². The summed E-state index contributed by atoms with van der Waals surface area (Å²) in [4.78, 5) is 0. The van der Waals surface area contributed by atoms with Crippen LogP contribution in [0, 0.1) is 5.82 Å². The molecule has 20 heavy (non-hydrogen) atoms. The van der Waals surface area contributed by atoms with Crippen LogP contribution in [0.25, 0.3) is 0 Å². The molecular formula is C14H19FN4O. The van der Waals surface area contributed by atoms with Gasteiger partial charge in [0.2, 0.25) is 0 Å². The molecule has 0 aliphatic rings. The van der Waals surface area contributed by atoms with Crippen LogP contribution in [0.3, 0.4) is 0 Å². The molecule has 1 unspecified atom stereocenters. The SMILES string of the molecule is CCCn1ncc(OC)c1C(NN)c1cccc(F)c1. The minimum Gasteiger partial charge on any atom is -0.493 e. The Kier molecular flexibility index (Phi) is 4.70. The third kappa shape index (κ3) is 2.81. The molecule has 0 spiro atoms. The van der Waals surface area contributed by atoms with Crippen LogP contribution in [0.5, 0.6) is 5.75 Å². The lowest BCUT2D eigenvalue weighted by atomic mass is 10.0. The molecule has 2 rings (SSSR count). The van der Waals surface area contributed by atoms with Gasteiger partial charge < -0.3 is 4.74 Å². The second kappa shape index (κ2) is 6.49. The van der Waals surface area contributed by atoms with E-state index in [0.29, 0.717) is 5.75 Å². The van der Waals surface area contributed by atoms with Crippen molar-refractivity contribution in [2.45, 2.75) is 25.9 Å². The number of aryl methyl sites for hydroxylation is 1. The van der Waals surface area contributed by atoms with Gasteiger partial charge in [-0.3, -0.25) is 10.5 Å². The number of nitrogens with zero attached hydrogens (tertiary/aromatic N) is 2. The predicted molar refractivity (Wildman–Crippen MR) is 74.6 cm³/mol. The number of nitrogens with one attached hydrogen (secondary N) is 1. The Bertz CT molecular complexity index is 570. The number of aromatic nitrogens is 2. The molecule has 5 nitrogen and oxygen atoms in total. The highest BCUT2D eigenvalue weighted by molar-refractivity contribution is 5.36. The standard InChI is InChI=1S/C14H19FN4O/c1-3-7-19-14(12(20-2)9-17-19)13(18-16)10-5-4-6-11(15)8-10/h4-6,8-9,13,18H,3,7,16H2,1-2H3. The lowest BCUT2D eigenvalue weighted by molar-refractivity contribution is 0.398. The Morgan fingerprint density at radius 3 is 2.90 bits per heavy atom. The molecule has 0 saturated heterocycles. The van der Waals surface area contributed by atoms with Gasteiger partial charge in [0.05, 0.1) is 19.3 Å². The first-order chi connectivity index (χ1) is 9.71. The zero-order valence-electron chi connectivity index (χ0n) is 11.6. The summed E-state index contributed by atoms with van der Waals surface area (Å²) in [5.41, 5.74) is 4.23. The average Bonchev–Trinajstić information content (AvgIpc) is 2.84. The lowest BCUT2D eigenvalue weighted by Crippen LogP contribution is -2.31. The van der Waals surface area contributed by atoms with E-state index >= 15 is 0 Å². The number of hydrogen-bond donors (Lipinski definition) is 2. The van der Waals surface area contributed by atoms with Crippen molar-refractivity contribution in [1.82, 2.24) is 15.2 Å². The van der Waals surface area contributed by atoms with Crippen LogP contribution in [-0.2, 0) is 6.54 Å². The molecule has 0 aliphatic heterocycles. The third-order valence-corrected chi connectivity index (χ3v) is 3.12. The normalized spacial score (nSPS) is 12.4. The number of hydrogen-bond acceptors (Lipinski definition) is 4. The maximum atomic E-state index is 13.4. The largest absolute Gasteiger partial charge is 0.493 e. The van der Waals surface area contributed by atoms with Crippen LogP contribution in [0.2, 0.25) is 0 Å². The smallest absolute Gasteiger partial charge is 0.161 e. The minimum atomic E-state index is -0.380. The lowest BCUT2D eigenvalue weighted by Gasteiger charge is -2.19. The molecule has 6 heteroatoms. The second-order valence-corrected chi connectivity index (χ2v) is 4.48. The van der Waals surface area contributed by atoms with Crippen LogP contribution < -0.4 is 16.0 Å². The highest BCUT2D eigenvalue weighted by Crippen LogP contribution is 2.29. The molecule has 2 aromatic rings. The summed E-state index contributed by atoms with van der Waals surface area (Å²) in [6.07, 6.45) is 2.58. The van der Waals surface area contributed by atoms with Gasteiger partial charge in [0, 0.05) is 6.54 Å². The van der Waals surface area contributed by atoms with E-state index < -0.39 is 0 Å². The number of methoxy groups -OCH3 is 1. The fourth-order valence-electron chi connectivity index (χ4n) is 2.24. The number of ether oxygens (including phenoxy) is 1. The van der Waals surface area contributed by atoms with E-state index in [1.54, 1.807) is 19.4 Å². The molecule has 3 N–H and O–H groups in total. The van der Waals surface area contributed by atoms with Gasteiger partial charge in [0.15, 0.2) is 5.75 Å². The molecule has 0 saturated carbocycles. The van der Waals surface area contributed by atoms with Crippen LogP contribution in [0.15, 0.2) is 30.5 Å². The first-order valence-electron chi connectivity index (χ1n) is 6.52. The zero-order chi connectivity index (χ0) is 14.5. The third-order valence-electron chi connectivity index (χ3n) is 3.12. The second-order valence-electron chi connectivity index (χ2n) is 4.48. The van der Waals surface area contributed by atoms with Crippen molar-refractivity contribution in [3.05, 3.63) is 47.5 Å². The molecular weight excluding hydrogens is 259 g/mol. The van der Waals surface area contributed by atoms with E-state index in [4.69, 9.17) is 10.6 Å². The predicted octanol–water partition coefficient (Wildman–Crippen LogP) is 1.99. The van der Waals surface area contributed by atoms with Gasteiger partial charge in [-0.15, -0.1) is 0 Å². The number of hydrazine groups is 1. The van der Waals surface area contributed by atoms with Crippen molar-refractivity contribution >= 4 is 0 Å². The van der Waals surface area contributed by atoms with Crippen molar-refractivity contribution in [3.63, 3.8) is 0 Å². The molecule has 1 aromatic carbocycles. The van der Waals surface area contributed by atoms with E-state index in [1.165, 1.54) is 12.1 Å². The monoisotopic (exact) mass is 278 g/mol. The van der Waals surface area contributed by atoms with E-state index in [2.05, 4.69) is 17.4 Å². The Balaban J connectivity index is 2.48. The Morgan fingerprint density at radius 1 is 1.50 bits per heavy atom. The van der Waals surface area contributed by atoms with Crippen molar-refractivity contribution in [2.75, 3.05) is 7.11 Å². The Labute approximate surface area is 117 Å². The first kappa shape index (κ1) is 14.5. The molecule has 0 bridgehead atoms. The molecule has 1 atom stereocenters. The molecule has 108 valence electrons. The zero-order valence-corrected chi connectivity index (χ0v) is 11.6. The summed E-state index contributed by atoms with van der Waals surface area (Å²) in [5.74, 6) is 5.99. The summed E-state index contributed by atoms with van der Waals surface area (Å²) in [6.45, 7) is 2.80. The average molecular weight is 278 g/mol. The van der Waals surface area contributed by atoms with Gasteiger partial charge >= 0.3 is 0 Å². The Morgan fingerprint density at radius 2 is 2.30 bits per heavy atom. The molecule has 1 heterocycles. The van der Waals surface area contributed by atoms with Crippen molar-refractivity contribution in [2.24, 2.45) is 5.84 Å². The summed E-state index contributed by atoms with van der Waals surface area (Å²) in [6, 6.07) is 5.94. The van der Waals surface area contributed by atoms with Crippen molar-refractivity contribution < 1.29 is 9.13 Å². The minimum absolute atomic E-state index is 0.303. The Hall–Kier alpha value is -1.92. The van der Waals surface area contributed by atoms with E-state index in [0.717, 1.165) is 24.2 Å². The van der Waals surface area contributed by atoms with Crippen molar-refractivity contribution in [3.8, 4) is 5.75 Å². The molecule has 0 fully saturated rings.